The van der Waals surface area contributed by atoms with Gasteiger partial charge in [0.1, 0.15) is 0 Å². The second-order valence-corrected chi connectivity index (χ2v) is 5.85. The van der Waals surface area contributed by atoms with Gasteiger partial charge in [-0.1, -0.05) is 17.3 Å². The van der Waals surface area contributed by atoms with Crippen LogP contribution in [0.4, 0.5) is 5.69 Å². The summed E-state index contributed by atoms with van der Waals surface area (Å²) in [6, 6.07) is 6.84. The van der Waals surface area contributed by atoms with E-state index in [9.17, 15) is 8.42 Å². The minimum Gasteiger partial charge on any atom is -0.382 e. The van der Waals surface area contributed by atoms with Crippen molar-refractivity contribution in [2.24, 2.45) is 0 Å². The quantitative estimate of drug-likeness (QED) is 0.866. The van der Waals surface area contributed by atoms with Gasteiger partial charge in [-0.25, -0.2) is 8.42 Å². The summed E-state index contributed by atoms with van der Waals surface area (Å²) in [5.74, 6) is 0. The van der Waals surface area contributed by atoms with E-state index in [-0.39, 0.29) is 0 Å². The summed E-state index contributed by atoms with van der Waals surface area (Å²) >= 11 is 0. The number of anilines is 1. The Kier molecular flexibility index (Phi) is 3.61. The molecule has 1 aromatic heterocycles. The van der Waals surface area contributed by atoms with Crippen molar-refractivity contribution >= 4 is 15.5 Å². The SMILES string of the molecule is CS(=O)(=O)c1ccccc1NCCn1ccnn1. The molecule has 0 saturated carbocycles. The smallest absolute Gasteiger partial charge is 0.177 e. The van der Waals surface area contributed by atoms with Gasteiger partial charge in [-0.3, -0.25) is 4.68 Å². The number of hydrogen-bond donors (Lipinski definition) is 1. The van der Waals surface area contributed by atoms with Crippen molar-refractivity contribution in [2.45, 2.75) is 11.4 Å². The molecule has 0 atom stereocenters. The maximum atomic E-state index is 11.6. The van der Waals surface area contributed by atoms with E-state index in [1.165, 1.54) is 6.26 Å². The van der Waals surface area contributed by atoms with Crippen molar-refractivity contribution in [2.75, 3.05) is 18.1 Å². The average Bonchev–Trinajstić information content (AvgIpc) is 2.81. The van der Waals surface area contributed by atoms with Crippen LogP contribution in [0.25, 0.3) is 0 Å². The summed E-state index contributed by atoms with van der Waals surface area (Å²) in [5.41, 5.74) is 0.611. The van der Waals surface area contributed by atoms with Gasteiger partial charge >= 0.3 is 0 Å². The summed E-state index contributed by atoms with van der Waals surface area (Å²) < 4.78 is 24.8. The van der Waals surface area contributed by atoms with E-state index >= 15 is 0 Å². The number of aromatic nitrogens is 3. The van der Waals surface area contributed by atoms with Gasteiger partial charge in [-0.15, -0.1) is 5.10 Å². The first-order valence-corrected chi connectivity index (χ1v) is 7.33. The highest BCUT2D eigenvalue weighted by Crippen LogP contribution is 2.20. The molecule has 6 nitrogen and oxygen atoms in total. The number of rotatable bonds is 5. The number of para-hydroxylation sites is 1. The van der Waals surface area contributed by atoms with E-state index in [0.717, 1.165) is 0 Å². The summed E-state index contributed by atoms with van der Waals surface area (Å²) in [7, 11) is -3.21. The van der Waals surface area contributed by atoms with Gasteiger partial charge in [0.05, 0.1) is 23.3 Å². The Bertz CT molecular complexity index is 608. The number of nitrogens with one attached hydrogen (secondary N) is 1. The number of benzene rings is 1. The maximum absolute atomic E-state index is 11.6. The molecule has 0 saturated heterocycles. The lowest BCUT2D eigenvalue weighted by Gasteiger charge is -2.10. The standard InChI is InChI=1S/C11H14N4O2S/c1-18(16,17)11-5-3-2-4-10(11)12-6-8-15-9-7-13-14-15/h2-5,7,9,12H,6,8H2,1H3. The van der Waals surface area contributed by atoms with Gasteiger partial charge in [0.2, 0.25) is 0 Å². The first-order valence-electron chi connectivity index (χ1n) is 5.44. The Balaban J connectivity index is 2.06. The fourth-order valence-corrected chi connectivity index (χ4v) is 2.46. The molecule has 0 unspecified atom stereocenters. The van der Waals surface area contributed by atoms with Gasteiger partial charge in [-0.2, -0.15) is 0 Å². The van der Waals surface area contributed by atoms with E-state index in [2.05, 4.69) is 15.6 Å². The Morgan fingerprint density at radius 2 is 2.11 bits per heavy atom. The minimum atomic E-state index is -3.21. The summed E-state index contributed by atoms with van der Waals surface area (Å²) in [5, 5.41) is 10.6. The second-order valence-electron chi connectivity index (χ2n) is 3.86. The molecule has 1 N–H and O–H groups in total. The Morgan fingerprint density at radius 1 is 1.33 bits per heavy atom. The first-order chi connectivity index (χ1) is 8.57. The van der Waals surface area contributed by atoms with Crippen LogP contribution in [0.15, 0.2) is 41.6 Å². The third kappa shape index (κ3) is 3.07. The fraction of sp³-hybridized carbons (Fsp3) is 0.273. The van der Waals surface area contributed by atoms with Crippen LogP contribution in [-0.4, -0.2) is 36.2 Å². The molecule has 0 aliphatic heterocycles. The van der Waals surface area contributed by atoms with Crippen LogP contribution in [0.5, 0.6) is 0 Å². The maximum Gasteiger partial charge on any atom is 0.177 e. The fourth-order valence-electron chi connectivity index (χ4n) is 1.59. The molecule has 96 valence electrons. The largest absolute Gasteiger partial charge is 0.382 e. The van der Waals surface area contributed by atoms with Gasteiger partial charge in [0, 0.05) is 19.0 Å². The molecule has 1 heterocycles. The van der Waals surface area contributed by atoms with Crippen molar-refractivity contribution < 1.29 is 8.42 Å². The van der Waals surface area contributed by atoms with Gasteiger partial charge in [0.25, 0.3) is 0 Å². The lowest BCUT2D eigenvalue weighted by atomic mass is 10.3. The molecule has 0 fully saturated rings. The second kappa shape index (κ2) is 5.18. The molecular weight excluding hydrogens is 252 g/mol. The lowest BCUT2D eigenvalue weighted by molar-refractivity contribution is 0.600. The molecule has 0 bridgehead atoms. The van der Waals surface area contributed by atoms with Gasteiger partial charge < -0.3 is 5.32 Å². The molecule has 0 radical (unpaired) electrons. The predicted molar refractivity (Wildman–Crippen MR) is 68.1 cm³/mol. The van der Waals surface area contributed by atoms with Crippen molar-refractivity contribution in [1.29, 1.82) is 0 Å². The number of hydrogen-bond acceptors (Lipinski definition) is 5. The van der Waals surface area contributed by atoms with Crippen molar-refractivity contribution in [3.8, 4) is 0 Å². The molecule has 0 aliphatic rings. The highest BCUT2D eigenvalue weighted by atomic mass is 32.2. The lowest BCUT2D eigenvalue weighted by Crippen LogP contribution is -2.13. The van der Waals surface area contributed by atoms with Crippen LogP contribution in [0.2, 0.25) is 0 Å². The van der Waals surface area contributed by atoms with E-state index in [1.54, 1.807) is 41.3 Å². The molecule has 0 amide bonds. The van der Waals surface area contributed by atoms with Crippen molar-refractivity contribution in [3.05, 3.63) is 36.7 Å². The van der Waals surface area contributed by atoms with Gasteiger partial charge in [0.15, 0.2) is 9.84 Å². The summed E-state index contributed by atoms with van der Waals surface area (Å²) in [4.78, 5) is 0.309. The Morgan fingerprint density at radius 3 is 2.78 bits per heavy atom. The van der Waals surface area contributed by atoms with E-state index in [0.29, 0.717) is 23.7 Å². The summed E-state index contributed by atoms with van der Waals surface area (Å²) in [6.07, 6.45) is 4.56. The van der Waals surface area contributed by atoms with Crippen LogP contribution in [-0.2, 0) is 16.4 Å². The molecule has 18 heavy (non-hydrogen) atoms. The van der Waals surface area contributed by atoms with Crippen molar-refractivity contribution in [3.63, 3.8) is 0 Å². The van der Waals surface area contributed by atoms with Gasteiger partial charge in [-0.05, 0) is 12.1 Å². The number of nitrogens with zero attached hydrogens (tertiary/aromatic N) is 3. The van der Waals surface area contributed by atoms with Crippen LogP contribution in [0, 0.1) is 0 Å². The molecule has 2 aromatic rings. The zero-order valence-electron chi connectivity index (χ0n) is 9.94. The Hall–Kier alpha value is -1.89. The molecule has 0 aliphatic carbocycles. The highest BCUT2D eigenvalue weighted by Gasteiger charge is 2.11. The molecular formula is C11H14N4O2S. The minimum absolute atomic E-state index is 0.309. The van der Waals surface area contributed by atoms with Crippen LogP contribution in [0.1, 0.15) is 0 Å². The topological polar surface area (TPSA) is 76.9 Å². The molecule has 0 spiro atoms. The van der Waals surface area contributed by atoms with E-state index < -0.39 is 9.84 Å². The summed E-state index contributed by atoms with van der Waals surface area (Å²) in [6.45, 7) is 1.20. The van der Waals surface area contributed by atoms with Crippen LogP contribution in [0.3, 0.4) is 0 Å². The third-order valence-corrected chi connectivity index (χ3v) is 3.57. The van der Waals surface area contributed by atoms with E-state index in [1.807, 2.05) is 0 Å². The monoisotopic (exact) mass is 266 g/mol. The molecule has 2 rings (SSSR count). The molecule has 1 aromatic carbocycles. The zero-order valence-corrected chi connectivity index (χ0v) is 10.8. The van der Waals surface area contributed by atoms with Crippen LogP contribution >= 0.6 is 0 Å². The first kappa shape index (κ1) is 12.6. The highest BCUT2D eigenvalue weighted by molar-refractivity contribution is 7.90. The van der Waals surface area contributed by atoms with E-state index in [4.69, 9.17) is 0 Å². The van der Waals surface area contributed by atoms with Crippen LogP contribution < -0.4 is 5.32 Å². The Labute approximate surface area is 106 Å². The third-order valence-electron chi connectivity index (χ3n) is 2.41. The normalized spacial score (nSPS) is 11.4. The predicted octanol–water partition coefficient (Wildman–Crippen LogP) is 0.794. The zero-order chi connectivity index (χ0) is 13.0. The van der Waals surface area contributed by atoms with Crippen molar-refractivity contribution in [1.82, 2.24) is 15.0 Å². The average molecular weight is 266 g/mol. The number of sulfone groups is 1. The molecule has 7 heteroatoms.